The minimum absolute atomic E-state index is 0.187. The third kappa shape index (κ3) is 4.59. The lowest BCUT2D eigenvalue weighted by Gasteiger charge is -2.04. The van der Waals surface area contributed by atoms with Gasteiger partial charge in [-0.15, -0.1) is 16.4 Å². The minimum Gasteiger partial charge on any atom is -0.462 e. The van der Waals surface area contributed by atoms with E-state index in [9.17, 15) is 9.59 Å². The molecular weight excluding hydrogens is 364 g/mol. The number of hydrogen-bond acceptors (Lipinski definition) is 6. The van der Waals surface area contributed by atoms with Gasteiger partial charge in [0.05, 0.1) is 24.9 Å². The Kier molecular flexibility index (Phi) is 5.97. The van der Waals surface area contributed by atoms with Gasteiger partial charge in [0.25, 0.3) is 5.91 Å². The van der Waals surface area contributed by atoms with Crippen LogP contribution in [0, 0.1) is 0 Å². The van der Waals surface area contributed by atoms with Crippen molar-refractivity contribution in [3.8, 4) is 0 Å². The smallest absolute Gasteiger partial charge is 0.341 e. The van der Waals surface area contributed by atoms with Gasteiger partial charge in [-0.25, -0.2) is 9.48 Å². The highest BCUT2D eigenvalue weighted by molar-refractivity contribution is 7.16. The third-order valence-electron chi connectivity index (χ3n) is 3.81. The molecule has 3 aromatic rings. The number of aryl methyl sites for hydroxylation is 1. The number of esters is 1. The van der Waals surface area contributed by atoms with Crippen LogP contribution in [0.15, 0.2) is 42.6 Å². The summed E-state index contributed by atoms with van der Waals surface area (Å²) in [5.41, 5.74) is 1.61. The molecule has 0 aliphatic rings. The van der Waals surface area contributed by atoms with Crippen molar-refractivity contribution in [2.24, 2.45) is 0 Å². The van der Waals surface area contributed by atoms with Gasteiger partial charge >= 0.3 is 5.97 Å². The number of thiophene rings is 1. The number of carbonyl (C=O) groups excluding carboxylic acids is 2. The van der Waals surface area contributed by atoms with Crippen molar-refractivity contribution in [2.45, 2.75) is 26.8 Å². The second-order valence-electron chi connectivity index (χ2n) is 5.77. The SMILES string of the molecule is CCOC(=O)c1cc(CC)sc1NC(=O)c1cn(Cc2ccccc2)nn1. The van der Waals surface area contributed by atoms with Crippen molar-refractivity contribution >= 4 is 28.2 Å². The Bertz CT molecular complexity index is 934. The molecule has 8 heteroatoms. The molecule has 0 atom stereocenters. The van der Waals surface area contributed by atoms with Crippen LogP contribution in [0.4, 0.5) is 5.00 Å². The quantitative estimate of drug-likeness (QED) is 0.631. The first-order valence-corrected chi connectivity index (χ1v) is 9.47. The van der Waals surface area contributed by atoms with Gasteiger partial charge in [-0.05, 0) is 25.0 Å². The Morgan fingerprint density at radius 3 is 2.70 bits per heavy atom. The normalized spacial score (nSPS) is 10.6. The van der Waals surface area contributed by atoms with E-state index in [1.807, 2.05) is 37.3 Å². The molecule has 1 amide bonds. The van der Waals surface area contributed by atoms with E-state index in [1.165, 1.54) is 11.3 Å². The molecule has 0 aliphatic carbocycles. The van der Waals surface area contributed by atoms with E-state index in [2.05, 4.69) is 15.6 Å². The van der Waals surface area contributed by atoms with Crippen molar-refractivity contribution in [1.29, 1.82) is 0 Å². The van der Waals surface area contributed by atoms with Gasteiger partial charge in [0, 0.05) is 4.88 Å². The van der Waals surface area contributed by atoms with E-state index in [4.69, 9.17) is 4.74 Å². The monoisotopic (exact) mass is 384 g/mol. The average Bonchev–Trinajstić information content (AvgIpc) is 3.30. The van der Waals surface area contributed by atoms with Crippen LogP contribution in [0.1, 0.15) is 45.1 Å². The Hall–Kier alpha value is -3.00. The first-order valence-electron chi connectivity index (χ1n) is 8.66. The van der Waals surface area contributed by atoms with Crippen LogP contribution in [0.3, 0.4) is 0 Å². The molecule has 27 heavy (non-hydrogen) atoms. The lowest BCUT2D eigenvalue weighted by atomic mass is 10.2. The lowest BCUT2D eigenvalue weighted by molar-refractivity contribution is 0.0528. The van der Waals surface area contributed by atoms with Gasteiger partial charge in [-0.3, -0.25) is 4.79 Å². The summed E-state index contributed by atoms with van der Waals surface area (Å²) in [4.78, 5) is 25.6. The average molecular weight is 384 g/mol. The van der Waals surface area contributed by atoms with E-state index < -0.39 is 11.9 Å². The summed E-state index contributed by atoms with van der Waals surface area (Å²) in [7, 11) is 0. The van der Waals surface area contributed by atoms with Crippen LogP contribution < -0.4 is 5.32 Å². The molecule has 0 spiro atoms. The number of amides is 1. The summed E-state index contributed by atoms with van der Waals surface area (Å²) in [6, 6.07) is 11.5. The number of carbonyl (C=O) groups is 2. The fourth-order valence-corrected chi connectivity index (χ4v) is 3.47. The number of anilines is 1. The molecular formula is C19H20N4O3S. The fourth-order valence-electron chi connectivity index (χ4n) is 2.49. The Labute approximate surface area is 161 Å². The number of benzene rings is 1. The number of nitrogens with zero attached hydrogens (tertiary/aromatic N) is 3. The van der Waals surface area contributed by atoms with Gasteiger partial charge in [0.1, 0.15) is 5.00 Å². The molecule has 1 aromatic carbocycles. The van der Waals surface area contributed by atoms with Crippen molar-refractivity contribution in [3.63, 3.8) is 0 Å². The molecule has 2 aromatic heterocycles. The van der Waals surface area contributed by atoms with Crippen molar-refractivity contribution in [2.75, 3.05) is 11.9 Å². The summed E-state index contributed by atoms with van der Waals surface area (Å²) in [6.45, 7) is 4.53. The molecule has 0 aliphatic heterocycles. The molecule has 0 unspecified atom stereocenters. The fraction of sp³-hybridized carbons (Fsp3) is 0.263. The second kappa shape index (κ2) is 8.59. The van der Waals surface area contributed by atoms with Crippen LogP contribution in [0.5, 0.6) is 0 Å². The Morgan fingerprint density at radius 2 is 2.00 bits per heavy atom. The van der Waals surface area contributed by atoms with E-state index >= 15 is 0 Å². The zero-order valence-electron chi connectivity index (χ0n) is 15.1. The largest absolute Gasteiger partial charge is 0.462 e. The van der Waals surface area contributed by atoms with Crippen molar-refractivity contribution < 1.29 is 14.3 Å². The van der Waals surface area contributed by atoms with E-state index in [-0.39, 0.29) is 12.3 Å². The van der Waals surface area contributed by atoms with Crippen LogP contribution in [0.25, 0.3) is 0 Å². The molecule has 0 radical (unpaired) electrons. The topological polar surface area (TPSA) is 86.1 Å². The van der Waals surface area contributed by atoms with Crippen LogP contribution in [-0.4, -0.2) is 33.5 Å². The van der Waals surface area contributed by atoms with Crippen LogP contribution >= 0.6 is 11.3 Å². The molecule has 7 nitrogen and oxygen atoms in total. The van der Waals surface area contributed by atoms with Gasteiger partial charge in [0.2, 0.25) is 0 Å². The summed E-state index contributed by atoms with van der Waals surface area (Å²) < 4.78 is 6.67. The predicted molar refractivity (Wildman–Crippen MR) is 103 cm³/mol. The maximum Gasteiger partial charge on any atom is 0.341 e. The Morgan fingerprint density at radius 1 is 1.22 bits per heavy atom. The summed E-state index contributed by atoms with van der Waals surface area (Å²) in [6.07, 6.45) is 2.35. The lowest BCUT2D eigenvalue weighted by Crippen LogP contribution is -2.14. The highest BCUT2D eigenvalue weighted by Crippen LogP contribution is 2.29. The number of aromatic nitrogens is 3. The van der Waals surface area contributed by atoms with Crippen molar-refractivity contribution in [3.05, 3.63) is 64.3 Å². The highest BCUT2D eigenvalue weighted by Gasteiger charge is 2.20. The summed E-state index contributed by atoms with van der Waals surface area (Å²) >= 11 is 1.36. The predicted octanol–water partition coefficient (Wildman–Crippen LogP) is 3.38. The van der Waals surface area contributed by atoms with Crippen LogP contribution in [-0.2, 0) is 17.7 Å². The molecule has 140 valence electrons. The summed E-state index contributed by atoms with van der Waals surface area (Å²) in [5.74, 6) is -0.860. The van der Waals surface area contributed by atoms with E-state index in [1.54, 1.807) is 23.9 Å². The van der Waals surface area contributed by atoms with Gasteiger partial charge in [-0.1, -0.05) is 42.5 Å². The minimum atomic E-state index is -0.448. The molecule has 0 fully saturated rings. The first kappa shape index (κ1) is 18.8. The van der Waals surface area contributed by atoms with E-state index in [0.717, 1.165) is 16.9 Å². The molecule has 1 N–H and O–H groups in total. The maximum atomic E-state index is 12.5. The number of nitrogens with one attached hydrogen (secondary N) is 1. The zero-order chi connectivity index (χ0) is 19.2. The Balaban J connectivity index is 1.74. The van der Waals surface area contributed by atoms with Gasteiger partial charge in [-0.2, -0.15) is 0 Å². The van der Waals surface area contributed by atoms with Crippen molar-refractivity contribution in [1.82, 2.24) is 15.0 Å². The molecule has 0 bridgehead atoms. The molecule has 0 saturated heterocycles. The number of rotatable bonds is 7. The third-order valence-corrected chi connectivity index (χ3v) is 5.01. The summed E-state index contributed by atoms with van der Waals surface area (Å²) in [5, 5.41) is 11.2. The highest BCUT2D eigenvalue weighted by atomic mass is 32.1. The van der Waals surface area contributed by atoms with Gasteiger partial charge < -0.3 is 10.1 Å². The van der Waals surface area contributed by atoms with Gasteiger partial charge in [0.15, 0.2) is 5.69 Å². The van der Waals surface area contributed by atoms with E-state index in [0.29, 0.717) is 17.1 Å². The standard InChI is InChI=1S/C19H20N4O3S/c1-3-14-10-15(19(25)26-4-2)18(27-14)20-17(24)16-12-23(22-21-16)11-13-8-6-5-7-9-13/h5-10,12H,3-4,11H2,1-2H3,(H,20,24). The number of hydrogen-bond donors (Lipinski definition) is 1. The maximum absolute atomic E-state index is 12.5. The van der Waals surface area contributed by atoms with Crippen LogP contribution in [0.2, 0.25) is 0 Å². The zero-order valence-corrected chi connectivity index (χ0v) is 16.0. The first-order chi connectivity index (χ1) is 13.1. The molecule has 2 heterocycles. The molecule has 3 rings (SSSR count). The molecule has 0 saturated carbocycles. The number of ether oxygens (including phenoxy) is 1. The second-order valence-corrected chi connectivity index (χ2v) is 6.91.